The average molecular weight is 260 g/mol. The van der Waals surface area contributed by atoms with E-state index in [2.05, 4.69) is 0 Å². The summed E-state index contributed by atoms with van der Waals surface area (Å²) in [5.41, 5.74) is -0.972. The van der Waals surface area contributed by atoms with Crippen LogP contribution in [0.25, 0.3) is 0 Å². The SMILES string of the molecule is CCN(CC)C(=N)c1ccc(O)c(C(F)(F)F)c1. The van der Waals surface area contributed by atoms with Crippen molar-refractivity contribution in [3.05, 3.63) is 29.3 Å². The van der Waals surface area contributed by atoms with Crippen LogP contribution < -0.4 is 0 Å². The second-order valence-corrected chi connectivity index (χ2v) is 3.75. The molecule has 6 heteroatoms. The molecular formula is C12H15F3N2O. The molecule has 3 nitrogen and oxygen atoms in total. The normalized spacial score (nSPS) is 11.4. The Bertz CT molecular complexity index is 439. The first-order valence-electron chi connectivity index (χ1n) is 5.55. The number of nitrogens with one attached hydrogen (secondary N) is 1. The Morgan fingerprint density at radius 3 is 2.28 bits per heavy atom. The lowest BCUT2D eigenvalue weighted by Crippen LogP contribution is -2.30. The summed E-state index contributed by atoms with van der Waals surface area (Å²) in [6, 6.07) is 3.08. The molecule has 0 aliphatic carbocycles. The molecule has 0 unspecified atom stereocenters. The first kappa shape index (κ1) is 14.3. The molecule has 0 aromatic heterocycles. The van der Waals surface area contributed by atoms with Crippen LogP contribution in [-0.4, -0.2) is 28.9 Å². The average Bonchev–Trinajstić information content (AvgIpc) is 2.29. The molecular weight excluding hydrogens is 245 g/mol. The molecule has 1 aromatic rings. The highest BCUT2D eigenvalue weighted by atomic mass is 19.4. The van der Waals surface area contributed by atoms with Crippen LogP contribution >= 0.6 is 0 Å². The molecule has 0 heterocycles. The van der Waals surface area contributed by atoms with Gasteiger partial charge in [0.25, 0.3) is 0 Å². The Balaban J connectivity index is 3.17. The Hall–Kier alpha value is -1.72. The van der Waals surface area contributed by atoms with E-state index in [1.54, 1.807) is 4.90 Å². The number of rotatable bonds is 3. The van der Waals surface area contributed by atoms with Gasteiger partial charge in [-0.05, 0) is 32.0 Å². The molecule has 0 saturated heterocycles. The largest absolute Gasteiger partial charge is 0.507 e. The van der Waals surface area contributed by atoms with E-state index in [9.17, 15) is 18.3 Å². The number of phenols is 1. The van der Waals surface area contributed by atoms with Crippen molar-refractivity contribution in [2.75, 3.05) is 13.1 Å². The first-order valence-corrected chi connectivity index (χ1v) is 5.55. The Labute approximate surface area is 103 Å². The smallest absolute Gasteiger partial charge is 0.419 e. The number of hydrogen-bond donors (Lipinski definition) is 2. The Kier molecular flexibility index (Phi) is 4.21. The van der Waals surface area contributed by atoms with Crippen LogP contribution in [0.15, 0.2) is 18.2 Å². The molecule has 1 rings (SSSR count). The van der Waals surface area contributed by atoms with Crippen molar-refractivity contribution >= 4 is 5.84 Å². The third-order valence-electron chi connectivity index (χ3n) is 2.66. The highest BCUT2D eigenvalue weighted by molar-refractivity contribution is 5.96. The molecule has 0 aliphatic rings. The maximum atomic E-state index is 12.6. The van der Waals surface area contributed by atoms with Crippen LogP contribution in [0.1, 0.15) is 25.0 Å². The van der Waals surface area contributed by atoms with Crippen molar-refractivity contribution in [3.8, 4) is 5.75 Å². The van der Waals surface area contributed by atoms with Gasteiger partial charge in [-0.15, -0.1) is 0 Å². The number of halogens is 3. The molecule has 0 spiro atoms. The lowest BCUT2D eigenvalue weighted by Gasteiger charge is -2.22. The molecule has 0 amide bonds. The highest BCUT2D eigenvalue weighted by Crippen LogP contribution is 2.36. The monoisotopic (exact) mass is 260 g/mol. The zero-order chi connectivity index (χ0) is 13.9. The zero-order valence-corrected chi connectivity index (χ0v) is 10.2. The van der Waals surface area contributed by atoms with Gasteiger partial charge in [-0.2, -0.15) is 13.2 Å². The summed E-state index contributed by atoms with van der Waals surface area (Å²) in [5.74, 6) is -0.802. The summed E-state index contributed by atoms with van der Waals surface area (Å²) in [6.45, 7) is 4.72. The second-order valence-electron chi connectivity index (χ2n) is 3.75. The van der Waals surface area contributed by atoms with E-state index in [4.69, 9.17) is 5.41 Å². The van der Waals surface area contributed by atoms with Crippen molar-refractivity contribution in [2.45, 2.75) is 20.0 Å². The van der Waals surface area contributed by atoms with Gasteiger partial charge in [0, 0.05) is 18.7 Å². The molecule has 18 heavy (non-hydrogen) atoms. The lowest BCUT2D eigenvalue weighted by molar-refractivity contribution is -0.138. The maximum absolute atomic E-state index is 12.6. The predicted molar refractivity (Wildman–Crippen MR) is 62.9 cm³/mol. The number of alkyl halides is 3. The van der Waals surface area contributed by atoms with Crippen LogP contribution in [0.5, 0.6) is 5.75 Å². The van der Waals surface area contributed by atoms with Gasteiger partial charge in [0.15, 0.2) is 0 Å². The van der Waals surface area contributed by atoms with E-state index in [0.29, 0.717) is 13.1 Å². The molecule has 0 bridgehead atoms. The molecule has 2 N–H and O–H groups in total. The number of benzene rings is 1. The van der Waals surface area contributed by atoms with Gasteiger partial charge < -0.3 is 10.0 Å². The van der Waals surface area contributed by atoms with Crippen LogP contribution in [0.2, 0.25) is 0 Å². The predicted octanol–water partition coefficient (Wildman–Crippen LogP) is 3.08. The second kappa shape index (κ2) is 5.29. The topological polar surface area (TPSA) is 47.3 Å². The summed E-state index contributed by atoms with van der Waals surface area (Å²) in [4.78, 5) is 1.63. The van der Waals surface area contributed by atoms with Crippen molar-refractivity contribution in [1.82, 2.24) is 4.90 Å². The van der Waals surface area contributed by atoms with Gasteiger partial charge >= 0.3 is 6.18 Å². The van der Waals surface area contributed by atoms with Crippen molar-refractivity contribution in [2.24, 2.45) is 0 Å². The van der Waals surface area contributed by atoms with Gasteiger partial charge in [0.2, 0.25) is 0 Å². The van der Waals surface area contributed by atoms with E-state index >= 15 is 0 Å². The van der Waals surface area contributed by atoms with Crippen molar-refractivity contribution < 1.29 is 18.3 Å². The fourth-order valence-corrected chi connectivity index (χ4v) is 1.63. The van der Waals surface area contributed by atoms with Gasteiger partial charge in [-0.1, -0.05) is 0 Å². The molecule has 1 aromatic carbocycles. The fourth-order valence-electron chi connectivity index (χ4n) is 1.63. The number of phenolic OH excluding ortho intramolecular Hbond substituents is 1. The lowest BCUT2D eigenvalue weighted by atomic mass is 10.1. The fraction of sp³-hybridized carbons (Fsp3) is 0.417. The molecule has 0 radical (unpaired) electrons. The number of amidine groups is 1. The molecule has 0 aliphatic heterocycles. The molecule has 0 atom stereocenters. The van der Waals surface area contributed by atoms with Crippen LogP contribution in [0, 0.1) is 5.41 Å². The van der Waals surface area contributed by atoms with E-state index in [1.807, 2.05) is 13.8 Å². The minimum atomic E-state index is -4.62. The Morgan fingerprint density at radius 1 is 1.28 bits per heavy atom. The van der Waals surface area contributed by atoms with E-state index < -0.39 is 17.5 Å². The zero-order valence-electron chi connectivity index (χ0n) is 10.2. The van der Waals surface area contributed by atoms with Crippen LogP contribution in [-0.2, 0) is 6.18 Å². The summed E-state index contributed by atoms with van der Waals surface area (Å²) in [5, 5.41) is 17.0. The maximum Gasteiger partial charge on any atom is 0.419 e. The van der Waals surface area contributed by atoms with E-state index in [1.165, 1.54) is 6.07 Å². The summed E-state index contributed by atoms with van der Waals surface area (Å²) in [7, 11) is 0. The van der Waals surface area contributed by atoms with Crippen LogP contribution in [0.3, 0.4) is 0 Å². The Morgan fingerprint density at radius 2 is 1.83 bits per heavy atom. The summed E-state index contributed by atoms with van der Waals surface area (Å²) in [6.07, 6.45) is -4.62. The minimum absolute atomic E-state index is 0.0190. The van der Waals surface area contributed by atoms with Crippen molar-refractivity contribution in [3.63, 3.8) is 0 Å². The third-order valence-corrected chi connectivity index (χ3v) is 2.66. The molecule has 0 saturated carbocycles. The number of aromatic hydroxyl groups is 1. The molecule has 0 fully saturated rings. The van der Waals surface area contributed by atoms with E-state index in [0.717, 1.165) is 12.1 Å². The van der Waals surface area contributed by atoms with E-state index in [-0.39, 0.29) is 11.4 Å². The van der Waals surface area contributed by atoms with Gasteiger partial charge in [0.05, 0.1) is 5.56 Å². The van der Waals surface area contributed by atoms with Gasteiger partial charge in [0.1, 0.15) is 11.6 Å². The third kappa shape index (κ3) is 2.94. The number of nitrogens with zero attached hydrogens (tertiary/aromatic N) is 1. The highest BCUT2D eigenvalue weighted by Gasteiger charge is 2.34. The quantitative estimate of drug-likeness (QED) is 0.648. The first-order chi connectivity index (χ1) is 8.31. The minimum Gasteiger partial charge on any atom is -0.507 e. The van der Waals surface area contributed by atoms with Crippen LogP contribution in [0.4, 0.5) is 13.2 Å². The van der Waals surface area contributed by atoms with Gasteiger partial charge in [-0.3, -0.25) is 5.41 Å². The van der Waals surface area contributed by atoms with Gasteiger partial charge in [-0.25, -0.2) is 0 Å². The number of hydrogen-bond acceptors (Lipinski definition) is 2. The standard InChI is InChI=1S/C12H15F3N2O/c1-3-17(4-2)11(16)8-5-6-10(18)9(7-8)12(13,14)15/h5-7,16,18H,3-4H2,1-2H3. The summed E-state index contributed by atoms with van der Waals surface area (Å²) >= 11 is 0. The van der Waals surface area contributed by atoms with Crippen molar-refractivity contribution in [1.29, 1.82) is 5.41 Å². The molecule has 100 valence electrons. The summed E-state index contributed by atoms with van der Waals surface area (Å²) < 4.78 is 37.8.